The SMILES string of the molecule is CNC(=O)c1nnn(N=Cc2ccccc2)c1OCC(=O)c1ccc(C)cc1. The maximum Gasteiger partial charge on any atom is 0.277 e. The minimum Gasteiger partial charge on any atom is -0.466 e. The third-order valence-electron chi connectivity index (χ3n) is 3.89. The van der Waals surface area contributed by atoms with E-state index in [1.807, 2.05) is 49.4 Å². The molecule has 142 valence electrons. The van der Waals surface area contributed by atoms with Crippen LogP contribution in [-0.2, 0) is 0 Å². The molecule has 0 unspecified atom stereocenters. The largest absolute Gasteiger partial charge is 0.466 e. The number of ketones is 1. The van der Waals surface area contributed by atoms with E-state index < -0.39 is 5.91 Å². The van der Waals surface area contributed by atoms with Gasteiger partial charge in [-0.1, -0.05) is 65.0 Å². The molecule has 0 aliphatic heterocycles. The summed E-state index contributed by atoms with van der Waals surface area (Å²) in [6, 6.07) is 16.5. The summed E-state index contributed by atoms with van der Waals surface area (Å²) in [6.07, 6.45) is 1.55. The number of aryl methyl sites for hydroxylation is 1. The highest BCUT2D eigenvalue weighted by Crippen LogP contribution is 2.16. The number of nitrogens with zero attached hydrogens (tertiary/aromatic N) is 4. The zero-order chi connectivity index (χ0) is 19.9. The number of benzene rings is 2. The molecular formula is C20H19N5O3. The smallest absolute Gasteiger partial charge is 0.277 e. The Morgan fingerprint density at radius 2 is 1.86 bits per heavy atom. The second kappa shape index (κ2) is 8.72. The quantitative estimate of drug-likeness (QED) is 0.502. The Morgan fingerprint density at radius 3 is 2.54 bits per heavy atom. The molecule has 1 N–H and O–H groups in total. The van der Waals surface area contributed by atoms with Crippen LogP contribution in [0.25, 0.3) is 0 Å². The first kappa shape index (κ1) is 19.0. The molecule has 28 heavy (non-hydrogen) atoms. The molecule has 0 aliphatic carbocycles. The number of carbonyl (C=O) groups excluding carboxylic acids is 2. The highest BCUT2D eigenvalue weighted by Gasteiger charge is 2.21. The molecule has 0 spiro atoms. The van der Waals surface area contributed by atoms with Crippen molar-refractivity contribution in [1.82, 2.24) is 20.4 Å². The fourth-order valence-corrected chi connectivity index (χ4v) is 2.34. The average Bonchev–Trinajstić information content (AvgIpc) is 3.14. The van der Waals surface area contributed by atoms with Gasteiger partial charge in [-0.2, -0.15) is 5.10 Å². The first-order chi connectivity index (χ1) is 13.6. The maximum absolute atomic E-state index is 12.4. The minimum absolute atomic E-state index is 0.00741. The molecule has 1 aromatic heterocycles. The van der Waals surface area contributed by atoms with Crippen LogP contribution in [0.4, 0.5) is 0 Å². The van der Waals surface area contributed by atoms with Crippen molar-refractivity contribution in [3.05, 3.63) is 77.0 Å². The molecule has 0 fully saturated rings. The summed E-state index contributed by atoms with van der Waals surface area (Å²) < 4.78 is 5.58. The number of amides is 1. The molecule has 0 saturated carbocycles. The number of carbonyl (C=O) groups is 2. The lowest BCUT2D eigenvalue weighted by atomic mass is 10.1. The van der Waals surface area contributed by atoms with Gasteiger partial charge in [0.1, 0.15) is 0 Å². The molecule has 3 rings (SSSR count). The third-order valence-corrected chi connectivity index (χ3v) is 3.89. The molecule has 8 heteroatoms. The number of Topliss-reactive ketones (excluding diaryl/α,β-unsaturated/α-hetero) is 1. The van der Waals surface area contributed by atoms with Crippen LogP contribution in [-0.4, -0.2) is 46.7 Å². The second-order valence-electron chi connectivity index (χ2n) is 5.94. The zero-order valence-corrected chi connectivity index (χ0v) is 15.5. The van der Waals surface area contributed by atoms with Gasteiger partial charge in [-0.3, -0.25) is 9.59 Å². The van der Waals surface area contributed by atoms with E-state index in [9.17, 15) is 9.59 Å². The van der Waals surface area contributed by atoms with E-state index in [2.05, 4.69) is 20.7 Å². The maximum atomic E-state index is 12.4. The Morgan fingerprint density at radius 1 is 1.14 bits per heavy atom. The van der Waals surface area contributed by atoms with Gasteiger partial charge in [0.2, 0.25) is 5.69 Å². The molecule has 0 bridgehead atoms. The summed E-state index contributed by atoms with van der Waals surface area (Å²) >= 11 is 0. The number of rotatable bonds is 7. The average molecular weight is 377 g/mol. The summed E-state index contributed by atoms with van der Waals surface area (Å²) in [4.78, 5) is 25.5. The first-order valence-corrected chi connectivity index (χ1v) is 8.58. The molecule has 8 nitrogen and oxygen atoms in total. The van der Waals surface area contributed by atoms with E-state index in [-0.39, 0.29) is 24.0 Å². The van der Waals surface area contributed by atoms with E-state index >= 15 is 0 Å². The molecule has 0 radical (unpaired) electrons. The van der Waals surface area contributed by atoms with Crippen molar-refractivity contribution in [3.8, 4) is 5.88 Å². The highest BCUT2D eigenvalue weighted by atomic mass is 16.5. The molecule has 1 amide bonds. The van der Waals surface area contributed by atoms with E-state index in [0.29, 0.717) is 5.56 Å². The number of nitrogens with one attached hydrogen (secondary N) is 1. The Labute approximate surface area is 161 Å². The lowest BCUT2D eigenvalue weighted by Crippen LogP contribution is -2.21. The van der Waals surface area contributed by atoms with Gasteiger partial charge in [-0.25, -0.2) is 0 Å². The van der Waals surface area contributed by atoms with Crippen molar-refractivity contribution in [2.24, 2.45) is 5.10 Å². The molecule has 3 aromatic rings. The number of aromatic nitrogens is 3. The van der Waals surface area contributed by atoms with E-state index in [4.69, 9.17) is 4.74 Å². The summed E-state index contributed by atoms with van der Waals surface area (Å²) in [7, 11) is 1.47. The van der Waals surface area contributed by atoms with Crippen LogP contribution in [0, 0.1) is 6.92 Å². The highest BCUT2D eigenvalue weighted by molar-refractivity contribution is 5.98. The van der Waals surface area contributed by atoms with Gasteiger partial charge in [0.15, 0.2) is 12.4 Å². The second-order valence-corrected chi connectivity index (χ2v) is 5.94. The monoisotopic (exact) mass is 377 g/mol. The van der Waals surface area contributed by atoms with Crippen LogP contribution in [0.15, 0.2) is 59.7 Å². The lowest BCUT2D eigenvalue weighted by molar-refractivity contribution is 0.0898. The third kappa shape index (κ3) is 4.47. The minimum atomic E-state index is -0.487. The Balaban J connectivity index is 1.82. The molecule has 0 saturated heterocycles. The fourth-order valence-electron chi connectivity index (χ4n) is 2.34. The van der Waals surface area contributed by atoms with Crippen molar-refractivity contribution >= 4 is 17.9 Å². The van der Waals surface area contributed by atoms with Crippen LogP contribution >= 0.6 is 0 Å². The van der Waals surface area contributed by atoms with E-state index in [0.717, 1.165) is 15.9 Å². The van der Waals surface area contributed by atoms with Gasteiger partial charge in [0.25, 0.3) is 11.8 Å². The Hall–Kier alpha value is -3.81. The topological polar surface area (TPSA) is 98.5 Å². The van der Waals surface area contributed by atoms with E-state index in [1.54, 1.807) is 18.3 Å². The number of hydrogen-bond acceptors (Lipinski definition) is 6. The summed E-state index contributed by atoms with van der Waals surface area (Å²) in [5.74, 6) is -0.728. The molecule has 0 aliphatic rings. The van der Waals surface area contributed by atoms with Crippen LogP contribution in [0.2, 0.25) is 0 Å². The molecule has 1 heterocycles. The Bertz CT molecular complexity index is 994. The van der Waals surface area contributed by atoms with Crippen LogP contribution < -0.4 is 10.1 Å². The predicted octanol–water partition coefficient (Wildman–Crippen LogP) is 2.09. The van der Waals surface area contributed by atoms with Crippen molar-refractivity contribution < 1.29 is 14.3 Å². The molecular weight excluding hydrogens is 358 g/mol. The van der Waals surface area contributed by atoms with Crippen LogP contribution in [0.5, 0.6) is 5.88 Å². The lowest BCUT2D eigenvalue weighted by Gasteiger charge is -2.07. The van der Waals surface area contributed by atoms with Crippen molar-refractivity contribution in [3.63, 3.8) is 0 Å². The van der Waals surface area contributed by atoms with Crippen molar-refractivity contribution in [2.45, 2.75) is 6.92 Å². The van der Waals surface area contributed by atoms with Gasteiger partial charge in [0, 0.05) is 12.6 Å². The van der Waals surface area contributed by atoms with Crippen LogP contribution in [0.1, 0.15) is 32.0 Å². The summed E-state index contributed by atoms with van der Waals surface area (Å²) in [5, 5.41) is 14.3. The van der Waals surface area contributed by atoms with Gasteiger partial charge in [0.05, 0.1) is 6.21 Å². The molecule has 0 atom stereocenters. The number of ether oxygens (including phenoxy) is 1. The zero-order valence-electron chi connectivity index (χ0n) is 15.5. The van der Waals surface area contributed by atoms with Crippen molar-refractivity contribution in [1.29, 1.82) is 0 Å². The fraction of sp³-hybridized carbons (Fsp3) is 0.150. The molecule has 2 aromatic carbocycles. The summed E-state index contributed by atoms with van der Waals surface area (Å²) in [5.41, 5.74) is 2.35. The van der Waals surface area contributed by atoms with Gasteiger partial charge in [-0.05, 0) is 17.7 Å². The van der Waals surface area contributed by atoms with Gasteiger partial charge in [-0.15, -0.1) is 5.10 Å². The van der Waals surface area contributed by atoms with Gasteiger partial charge < -0.3 is 10.1 Å². The predicted molar refractivity (Wildman–Crippen MR) is 104 cm³/mol. The standard InChI is InChI=1S/C20H19N5O3/c1-14-8-10-16(11-9-14)17(26)13-28-20-18(19(27)21-2)23-24-25(20)22-12-15-6-4-3-5-7-15/h3-12H,13H2,1-2H3,(H,21,27). The number of hydrogen-bond donors (Lipinski definition) is 1. The van der Waals surface area contributed by atoms with Crippen LogP contribution in [0.3, 0.4) is 0 Å². The first-order valence-electron chi connectivity index (χ1n) is 8.58. The Kier molecular flexibility index (Phi) is 5.91. The van der Waals surface area contributed by atoms with Gasteiger partial charge >= 0.3 is 0 Å². The van der Waals surface area contributed by atoms with Crippen molar-refractivity contribution in [2.75, 3.05) is 13.7 Å². The summed E-state index contributed by atoms with van der Waals surface area (Å²) in [6.45, 7) is 1.66. The van der Waals surface area contributed by atoms with E-state index in [1.165, 1.54) is 7.05 Å². The normalized spacial score (nSPS) is 10.8.